The van der Waals surface area contributed by atoms with Crippen LogP contribution in [0, 0.1) is 5.41 Å². The second kappa shape index (κ2) is 7.44. The van der Waals surface area contributed by atoms with Crippen LogP contribution in [-0.4, -0.2) is 73.0 Å². The van der Waals surface area contributed by atoms with E-state index in [0.717, 1.165) is 48.0 Å². The van der Waals surface area contributed by atoms with Crippen molar-refractivity contribution < 1.29 is 9.53 Å². The minimum absolute atomic E-state index is 0.0997. The fourth-order valence-electron chi connectivity index (χ4n) is 5.09. The summed E-state index contributed by atoms with van der Waals surface area (Å²) >= 11 is 1.48. The summed E-state index contributed by atoms with van der Waals surface area (Å²) in [5, 5.41) is 12.3. The van der Waals surface area contributed by atoms with Crippen molar-refractivity contribution in [2.24, 2.45) is 12.5 Å². The molecule has 0 saturated carbocycles. The lowest BCUT2D eigenvalue weighted by atomic mass is 9.85. The molecule has 0 aliphatic carbocycles. The number of thiazole rings is 1. The number of aromatic nitrogens is 6. The lowest BCUT2D eigenvalue weighted by molar-refractivity contribution is -0.119. The lowest BCUT2D eigenvalue weighted by Crippen LogP contribution is -2.45. The number of likely N-dealkylation sites (tertiary alicyclic amines) is 1. The molecular weight excluding hydrogens is 468 g/mol. The van der Waals surface area contributed by atoms with E-state index in [2.05, 4.69) is 30.4 Å². The van der Waals surface area contributed by atoms with Crippen LogP contribution in [0.25, 0.3) is 37.2 Å². The van der Waals surface area contributed by atoms with Gasteiger partial charge in [0.2, 0.25) is 5.91 Å². The van der Waals surface area contributed by atoms with Gasteiger partial charge in [0.05, 0.1) is 48.2 Å². The summed E-state index contributed by atoms with van der Waals surface area (Å²) in [5.41, 5.74) is 3.17. The molecule has 2 aliphatic rings. The first-order valence-corrected chi connectivity index (χ1v) is 12.2. The molecule has 0 bridgehead atoms. The smallest absolute Gasteiger partial charge is 0.261 e. The minimum Gasteiger partial charge on any atom is -0.380 e. The zero-order valence-electron chi connectivity index (χ0n) is 18.9. The Labute approximate surface area is 202 Å². The number of fused-ring (bicyclic) bond motifs is 5. The van der Waals surface area contributed by atoms with Gasteiger partial charge in [-0.05, 0) is 19.0 Å². The van der Waals surface area contributed by atoms with E-state index in [0.29, 0.717) is 34.2 Å². The van der Waals surface area contributed by atoms with Gasteiger partial charge in [0, 0.05) is 37.0 Å². The summed E-state index contributed by atoms with van der Waals surface area (Å²) < 4.78 is 8.82. The van der Waals surface area contributed by atoms with Gasteiger partial charge in [-0.15, -0.1) is 11.3 Å². The zero-order chi connectivity index (χ0) is 23.7. The third-order valence-corrected chi connectivity index (χ3v) is 8.02. The number of nitrogens with zero attached hydrogens (tertiary/aromatic N) is 6. The summed E-state index contributed by atoms with van der Waals surface area (Å²) in [6.07, 6.45) is 8.29. The SMILES string of the molecule is Cn1cc(-c2cn3nc4c5ncc(NC(=O)CN6CCC7(COC7)C6)cc5[nH]c(=O)c4c3s2)cn1. The quantitative estimate of drug-likeness (QED) is 0.394. The predicted molar refractivity (Wildman–Crippen MR) is 132 cm³/mol. The van der Waals surface area contributed by atoms with Crippen molar-refractivity contribution in [1.29, 1.82) is 0 Å². The van der Waals surface area contributed by atoms with Gasteiger partial charge in [0.15, 0.2) is 0 Å². The van der Waals surface area contributed by atoms with Crippen LogP contribution in [-0.2, 0) is 16.6 Å². The minimum atomic E-state index is -0.238. The van der Waals surface area contributed by atoms with Crippen molar-refractivity contribution >= 4 is 49.7 Å². The second-order valence-corrected chi connectivity index (χ2v) is 10.6. The summed E-state index contributed by atoms with van der Waals surface area (Å²) in [4.78, 5) is 37.0. The van der Waals surface area contributed by atoms with Gasteiger partial charge in [-0.1, -0.05) is 0 Å². The highest BCUT2D eigenvalue weighted by Gasteiger charge is 2.44. The number of amides is 1. The molecule has 0 radical (unpaired) electrons. The van der Waals surface area contributed by atoms with Crippen LogP contribution in [0.5, 0.6) is 0 Å². The van der Waals surface area contributed by atoms with E-state index >= 15 is 0 Å². The highest BCUT2D eigenvalue weighted by atomic mass is 32.1. The van der Waals surface area contributed by atoms with Crippen LogP contribution in [0.4, 0.5) is 5.69 Å². The Kier molecular flexibility index (Phi) is 4.41. The first kappa shape index (κ1) is 20.7. The van der Waals surface area contributed by atoms with Gasteiger partial charge in [0.1, 0.15) is 21.3 Å². The molecule has 5 aromatic heterocycles. The Morgan fingerprint density at radius 1 is 1.29 bits per heavy atom. The van der Waals surface area contributed by atoms with Crippen molar-refractivity contribution in [2.45, 2.75) is 6.42 Å². The van der Waals surface area contributed by atoms with E-state index < -0.39 is 0 Å². The van der Waals surface area contributed by atoms with E-state index in [9.17, 15) is 9.59 Å². The summed E-state index contributed by atoms with van der Waals surface area (Å²) in [6.45, 7) is 3.70. The van der Waals surface area contributed by atoms with Crippen molar-refractivity contribution in [2.75, 3.05) is 38.2 Å². The molecular formula is C23H22N8O3S. The van der Waals surface area contributed by atoms with Gasteiger partial charge in [0.25, 0.3) is 5.56 Å². The maximum absolute atomic E-state index is 13.0. The monoisotopic (exact) mass is 490 g/mol. The highest BCUT2D eigenvalue weighted by molar-refractivity contribution is 7.21. The topological polar surface area (TPSA) is 122 Å². The van der Waals surface area contributed by atoms with Crippen molar-refractivity contribution in [1.82, 2.24) is 34.3 Å². The number of hydrogen-bond acceptors (Lipinski definition) is 8. The number of ether oxygens (including phenoxy) is 1. The van der Waals surface area contributed by atoms with Gasteiger partial charge in [-0.2, -0.15) is 10.2 Å². The van der Waals surface area contributed by atoms with Crippen LogP contribution < -0.4 is 10.9 Å². The first-order chi connectivity index (χ1) is 17.0. The molecule has 5 aromatic rings. The number of nitrogens with one attached hydrogen (secondary N) is 2. The summed E-state index contributed by atoms with van der Waals surface area (Å²) in [7, 11) is 1.86. The molecule has 11 nitrogen and oxygen atoms in total. The van der Waals surface area contributed by atoms with E-state index in [1.807, 2.05) is 19.4 Å². The van der Waals surface area contributed by atoms with Crippen molar-refractivity contribution in [3.05, 3.63) is 41.2 Å². The molecule has 1 spiro atoms. The number of rotatable bonds is 4. The Morgan fingerprint density at radius 3 is 2.91 bits per heavy atom. The highest BCUT2D eigenvalue weighted by Crippen LogP contribution is 2.37. The van der Waals surface area contributed by atoms with Crippen molar-refractivity contribution in [3.63, 3.8) is 0 Å². The Hall–Kier alpha value is -3.61. The first-order valence-electron chi connectivity index (χ1n) is 11.4. The molecule has 7 rings (SSSR count). The zero-order valence-corrected chi connectivity index (χ0v) is 19.8. The molecule has 0 unspecified atom stereocenters. The van der Waals surface area contributed by atoms with Crippen molar-refractivity contribution in [3.8, 4) is 10.4 Å². The Balaban J connectivity index is 1.17. The third-order valence-electron chi connectivity index (χ3n) is 6.87. The normalized spacial score (nSPS) is 17.6. The third kappa shape index (κ3) is 3.36. The van der Waals surface area contributed by atoms with E-state index in [1.54, 1.807) is 27.7 Å². The standard InChI is InChI=1S/C23H22N8O3S/c1-29-7-13(5-25-29)16-8-31-22(35-16)18-20(28-31)19-15(27-21(18)33)4-14(6-24-19)26-17(32)9-30-3-2-23(10-30)11-34-12-23/h4-8H,2-3,9-12H2,1H3,(H,26,32)(H,27,33). The molecule has 2 N–H and O–H groups in total. The maximum atomic E-state index is 13.0. The molecule has 7 heterocycles. The molecule has 2 aliphatic heterocycles. The van der Waals surface area contributed by atoms with E-state index in [4.69, 9.17) is 4.74 Å². The van der Waals surface area contributed by atoms with Crippen LogP contribution in [0.2, 0.25) is 0 Å². The van der Waals surface area contributed by atoms with Gasteiger partial charge >= 0.3 is 0 Å². The number of H-pyrrole nitrogens is 1. The molecule has 2 fully saturated rings. The number of carbonyl (C=O) groups excluding carboxylic acids is 1. The number of pyridine rings is 2. The van der Waals surface area contributed by atoms with Gasteiger partial charge < -0.3 is 15.0 Å². The molecule has 2 saturated heterocycles. The Bertz CT molecular complexity index is 1690. The molecule has 0 aromatic carbocycles. The van der Waals surface area contributed by atoms with E-state index in [1.165, 1.54) is 11.3 Å². The fourth-order valence-corrected chi connectivity index (χ4v) is 6.16. The number of carbonyl (C=O) groups is 1. The number of anilines is 1. The molecule has 0 atom stereocenters. The van der Waals surface area contributed by atoms with Crippen LogP contribution in [0.15, 0.2) is 35.6 Å². The molecule has 12 heteroatoms. The van der Waals surface area contributed by atoms with E-state index in [-0.39, 0.29) is 16.9 Å². The van der Waals surface area contributed by atoms with Crippen LogP contribution in [0.3, 0.4) is 0 Å². The number of aromatic amines is 1. The largest absolute Gasteiger partial charge is 0.380 e. The summed E-state index contributed by atoms with van der Waals surface area (Å²) in [5.74, 6) is -0.0997. The molecule has 35 heavy (non-hydrogen) atoms. The lowest BCUT2D eigenvalue weighted by Gasteiger charge is -2.37. The van der Waals surface area contributed by atoms with Crippen LogP contribution in [0.1, 0.15) is 6.42 Å². The Morgan fingerprint density at radius 2 is 2.17 bits per heavy atom. The number of aryl methyl sites for hydroxylation is 1. The van der Waals surface area contributed by atoms with Gasteiger partial charge in [-0.3, -0.25) is 24.2 Å². The second-order valence-electron chi connectivity index (χ2n) is 9.55. The summed E-state index contributed by atoms with van der Waals surface area (Å²) in [6, 6.07) is 1.74. The van der Waals surface area contributed by atoms with Gasteiger partial charge in [-0.25, -0.2) is 4.52 Å². The average molecular weight is 491 g/mol. The maximum Gasteiger partial charge on any atom is 0.261 e. The average Bonchev–Trinajstić information content (AvgIpc) is 3.55. The molecule has 1 amide bonds. The van der Waals surface area contributed by atoms with Crippen LogP contribution >= 0.6 is 11.3 Å². The predicted octanol–water partition coefficient (Wildman–Crippen LogP) is 1.85. The molecule has 178 valence electrons. The fraction of sp³-hybridized carbons (Fsp3) is 0.348. The number of hydrogen-bond donors (Lipinski definition) is 2.